The van der Waals surface area contributed by atoms with E-state index in [0.29, 0.717) is 23.7 Å². The third kappa shape index (κ3) is 11.4. The first-order valence-electron chi connectivity index (χ1n) is 8.94. The van der Waals surface area contributed by atoms with Gasteiger partial charge in [-0.25, -0.2) is 0 Å². The fourth-order valence-corrected chi connectivity index (χ4v) is 6.76. The lowest BCUT2D eigenvalue weighted by atomic mass is 10.2. The zero-order chi connectivity index (χ0) is 16.5. The normalized spacial score (nSPS) is 13.1. The number of hydrogen-bond donors (Lipinski definition) is 0. The van der Waals surface area contributed by atoms with Gasteiger partial charge in [-0.2, -0.15) is 0 Å². The standard InChI is InChI=1S/C18H40O2Si/c1-15(2)9-11-19-21(13-17(5)6,14-18(7)8)20-12-10-16(3)4/h15-18H,9-14H2,1-8H3. The second-order valence-electron chi connectivity index (χ2n) is 8.17. The van der Waals surface area contributed by atoms with E-state index in [1.54, 1.807) is 0 Å². The Morgan fingerprint density at radius 2 is 0.905 bits per heavy atom. The molecule has 0 N–H and O–H groups in total. The van der Waals surface area contributed by atoms with Crippen molar-refractivity contribution in [3.8, 4) is 0 Å². The summed E-state index contributed by atoms with van der Waals surface area (Å²) in [4.78, 5) is 0. The quantitative estimate of drug-likeness (QED) is 0.419. The van der Waals surface area contributed by atoms with E-state index >= 15 is 0 Å². The molecule has 0 aromatic heterocycles. The monoisotopic (exact) mass is 316 g/mol. The first-order valence-corrected chi connectivity index (χ1v) is 11.2. The van der Waals surface area contributed by atoms with E-state index in [9.17, 15) is 0 Å². The molecule has 0 aromatic carbocycles. The Balaban J connectivity index is 4.75. The number of rotatable bonds is 12. The maximum Gasteiger partial charge on any atom is 0.338 e. The van der Waals surface area contributed by atoms with Crippen LogP contribution in [0.15, 0.2) is 0 Å². The molecule has 0 saturated carbocycles. The average molecular weight is 317 g/mol. The van der Waals surface area contributed by atoms with Crippen LogP contribution in [0.4, 0.5) is 0 Å². The van der Waals surface area contributed by atoms with Gasteiger partial charge in [0.25, 0.3) is 0 Å². The largest absolute Gasteiger partial charge is 0.394 e. The zero-order valence-corrected chi connectivity index (χ0v) is 16.9. The molecule has 3 heteroatoms. The molecule has 0 bridgehead atoms. The molecule has 0 fully saturated rings. The fourth-order valence-electron chi connectivity index (χ4n) is 2.57. The molecule has 0 unspecified atom stereocenters. The summed E-state index contributed by atoms with van der Waals surface area (Å²) in [6.45, 7) is 19.9. The van der Waals surface area contributed by atoms with Crippen LogP contribution in [0.5, 0.6) is 0 Å². The van der Waals surface area contributed by atoms with Gasteiger partial charge >= 0.3 is 8.56 Å². The molecule has 0 atom stereocenters. The first-order chi connectivity index (χ1) is 9.67. The van der Waals surface area contributed by atoms with E-state index in [1.807, 2.05) is 0 Å². The summed E-state index contributed by atoms with van der Waals surface area (Å²) in [5, 5.41) is 0. The van der Waals surface area contributed by atoms with Crippen LogP contribution in [0, 0.1) is 23.7 Å². The van der Waals surface area contributed by atoms with E-state index in [1.165, 1.54) is 0 Å². The van der Waals surface area contributed by atoms with Crippen LogP contribution in [0.3, 0.4) is 0 Å². The molecule has 0 heterocycles. The van der Waals surface area contributed by atoms with Gasteiger partial charge in [0.15, 0.2) is 0 Å². The van der Waals surface area contributed by atoms with Gasteiger partial charge in [-0.1, -0.05) is 55.4 Å². The molecule has 0 rings (SSSR count). The van der Waals surface area contributed by atoms with Crippen molar-refractivity contribution in [1.29, 1.82) is 0 Å². The second-order valence-corrected chi connectivity index (χ2v) is 11.4. The van der Waals surface area contributed by atoms with Gasteiger partial charge in [0, 0.05) is 13.2 Å². The van der Waals surface area contributed by atoms with Gasteiger partial charge in [0.05, 0.1) is 0 Å². The van der Waals surface area contributed by atoms with Crippen molar-refractivity contribution in [3.05, 3.63) is 0 Å². The summed E-state index contributed by atoms with van der Waals surface area (Å²) in [6, 6.07) is 2.25. The maximum absolute atomic E-state index is 6.46. The van der Waals surface area contributed by atoms with Crippen LogP contribution in [0.1, 0.15) is 68.2 Å². The summed E-state index contributed by atoms with van der Waals surface area (Å²) in [5.74, 6) is 2.69. The van der Waals surface area contributed by atoms with Gasteiger partial charge < -0.3 is 8.85 Å². The Morgan fingerprint density at radius 3 is 1.14 bits per heavy atom. The van der Waals surface area contributed by atoms with E-state index in [-0.39, 0.29) is 0 Å². The van der Waals surface area contributed by atoms with Gasteiger partial charge in [-0.05, 0) is 48.6 Å². The van der Waals surface area contributed by atoms with Crippen LogP contribution in [0.25, 0.3) is 0 Å². The highest BCUT2D eigenvalue weighted by Crippen LogP contribution is 2.29. The summed E-state index contributed by atoms with van der Waals surface area (Å²) in [6.07, 6.45) is 2.27. The lowest BCUT2D eigenvalue weighted by molar-refractivity contribution is 0.147. The maximum atomic E-state index is 6.46. The molecule has 0 amide bonds. The summed E-state index contributed by atoms with van der Waals surface area (Å²) in [5.41, 5.74) is 0. The molecular formula is C18H40O2Si. The minimum atomic E-state index is -2.06. The molecule has 0 aliphatic rings. The Morgan fingerprint density at radius 1 is 0.571 bits per heavy atom. The SMILES string of the molecule is CC(C)CCO[Si](CC(C)C)(CC(C)C)OCCC(C)C. The molecule has 0 saturated heterocycles. The van der Waals surface area contributed by atoms with Crippen molar-refractivity contribution in [2.75, 3.05) is 13.2 Å². The van der Waals surface area contributed by atoms with E-state index in [4.69, 9.17) is 8.85 Å². The smallest absolute Gasteiger partial charge is 0.338 e. The highest BCUT2D eigenvalue weighted by molar-refractivity contribution is 6.67. The number of hydrogen-bond acceptors (Lipinski definition) is 2. The molecule has 2 nitrogen and oxygen atoms in total. The lowest BCUT2D eigenvalue weighted by Crippen LogP contribution is -2.45. The molecule has 21 heavy (non-hydrogen) atoms. The minimum Gasteiger partial charge on any atom is -0.394 e. The highest BCUT2D eigenvalue weighted by atomic mass is 28.4. The molecule has 0 spiro atoms. The molecule has 0 aliphatic heterocycles. The van der Waals surface area contributed by atoms with Gasteiger partial charge in [-0.15, -0.1) is 0 Å². The Labute approximate surface area is 135 Å². The lowest BCUT2D eigenvalue weighted by Gasteiger charge is -2.34. The van der Waals surface area contributed by atoms with E-state index < -0.39 is 8.56 Å². The highest BCUT2D eigenvalue weighted by Gasteiger charge is 2.39. The first kappa shape index (κ1) is 21.1. The Kier molecular flexibility index (Phi) is 10.9. The molecule has 128 valence electrons. The third-order valence-corrected chi connectivity index (χ3v) is 7.90. The van der Waals surface area contributed by atoms with Crippen molar-refractivity contribution >= 4 is 8.56 Å². The second kappa shape index (κ2) is 10.8. The van der Waals surface area contributed by atoms with Crippen LogP contribution in [-0.2, 0) is 8.85 Å². The Bertz CT molecular complexity index is 224. The van der Waals surface area contributed by atoms with Gasteiger partial charge in [-0.3, -0.25) is 0 Å². The summed E-state index contributed by atoms with van der Waals surface area (Å²) < 4.78 is 12.9. The third-order valence-electron chi connectivity index (χ3n) is 3.56. The predicted molar refractivity (Wildman–Crippen MR) is 95.9 cm³/mol. The molecule has 0 radical (unpaired) electrons. The van der Waals surface area contributed by atoms with Crippen molar-refractivity contribution in [2.45, 2.75) is 80.3 Å². The summed E-state index contributed by atoms with van der Waals surface area (Å²) >= 11 is 0. The van der Waals surface area contributed by atoms with Gasteiger partial charge in [0.2, 0.25) is 0 Å². The van der Waals surface area contributed by atoms with Crippen molar-refractivity contribution < 1.29 is 8.85 Å². The van der Waals surface area contributed by atoms with Crippen LogP contribution >= 0.6 is 0 Å². The molecule has 0 aliphatic carbocycles. The predicted octanol–water partition coefficient (Wildman–Crippen LogP) is 5.87. The minimum absolute atomic E-state index is 0.647. The van der Waals surface area contributed by atoms with Crippen LogP contribution in [0.2, 0.25) is 12.1 Å². The topological polar surface area (TPSA) is 18.5 Å². The Hall–Kier alpha value is 0.137. The van der Waals surface area contributed by atoms with Crippen molar-refractivity contribution in [1.82, 2.24) is 0 Å². The van der Waals surface area contributed by atoms with E-state index in [0.717, 1.165) is 38.1 Å². The van der Waals surface area contributed by atoms with Crippen LogP contribution in [-0.4, -0.2) is 21.8 Å². The van der Waals surface area contributed by atoms with Gasteiger partial charge in [0.1, 0.15) is 0 Å². The van der Waals surface area contributed by atoms with E-state index in [2.05, 4.69) is 55.4 Å². The fraction of sp³-hybridized carbons (Fsp3) is 1.00. The average Bonchev–Trinajstić information content (AvgIpc) is 2.25. The molecular weight excluding hydrogens is 276 g/mol. The van der Waals surface area contributed by atoms with Crippen molar-refractivity contribution in [2.24, 2.45) is 23.7 Å². The molecule has 0 aromatic rings. The summed E-state index contributed by atoms with van der Waals surface area (Å²) in [7, 11) is -2.06. The van der Waals surface area contributed by atoms with Crippen molar-refractivity contribution in [3.63, 3.8) is 0 Å². The zero-order valence-electron chi connectivity index (χ0n) is 15.9. The van der Waals surface area contributed by atoms with Crippen LogP contribution < -0.4 is 0 Å².